The van der Waals surface area contributed by atoms with E-state index >= 15 is 0 Å². The number of carbonyl (C=O) groups is 1. The van der Waals surface area contributed by atoms with Gasteiger partial charge in [-0.25, -0.2) is 0 Å². The molecule has 0 bridgehead atoms. The first kappa shape index (κ1) is 18.3. The SMILES string of the molecule is Cn1nc(CN(C(=O)/C=C/c2ccccc2Cl)C2CCCC2)c2c1CCC2. The van der Waals surface area contributed by atoms with Crippen molar-refractivity contribution in [3.63, 3.8) is 0 Å². The van der Waals surface area contributed by atoms with Gasteiger partial charge < -0.3 is 4.90 Å². The van der Waals surface area contributed by atoms with Crippen LogP contribution in [0.3, 0.4) is 0 Å². The summed E-state index contributed by atoms with van der Waals surface area (Å²) in [5.74, 6) is 0.0548. The molecule has 1 saturated carbocycles. The first-order valence-electron chi connectivity index (χ1n) is 9.90. The van der Waals surface area contributed by atoms with E-state index in [0.29, 0.717) is 17.6 Å². The van der Waals surface area contributed by atoms with Crippen molar-refractivity contribution in [1.82, 2.24) is 14.7 Å². The molecule has 142 valence electrons. The van der Waals surface area contributed by atoms with Gasteiger partial charge in [0.1, 0.15) is 0 Å². The van der Waals surface area contributed by atoms with Gasteiger partial charge in [-0.2, -0.15) is 5.10 Å². The molecule has 0 radical (unpaired) electrons. The lowest BCUT2D eigenvalue weighted by Crippen LogP contribution is -2.37. The third-order valence-corrected chi connectivity index (χ3v) is 6.22. The molecule has 1 aromatic heterocycles. The number of hydrogen-bond acceptors (Lipinski definition) is 2. The van der Waals surface area contributed by atoms with Crippen LogP contribution in [0.25, 0.3) is 6.08 Å². The number of fused-ring (bicyclic) bond motifs is 1. The number of carbonyl (C=O) groups excluding carboxylic acids is 1. The molecule has 2 aliphatic carbocycles. The summed E-state index contributed by atoms with van der Waals surface area (Å²) in [5, 5.41) is 5.40. The number of hydrogen-bond donors (Lipinski definition) is 0. The predicted molar refractivity (Wildman–Crippen MR) is 109 cm³/mol. The standard InChI is InChI=1S/C22H26ClN3O/c1-25-21-12-6-10-18(21)20(24-25)15-26(17-8-3-4-9-17)22(27)14-13-16-7-2-5-11-19(16)23/h2,5,7,11,13-14,17H,3-4,6,8-10,12,15H2,1H3/b14-13+. The lowest BCUT2D eigenvalue weighted by Gasteiger charge is -2.27. The number of aromatic nitrogens is 2. The average molecular weight is 384 g/mol. The molecule has 0 aliphatic heterocycles. The van der Waals surface area contributed by atoms with Crippen molar-refractivity contribution < 1.29 is 4.79 Å². The molecule has 0 spiro atoms. The second kappa shape index (κ2) is 7.89. The van der Waals surface area contributed by atoms with Crippen molar-refractivity contribution in [2.45, 2.75) is 57.5 Å². The monoisotopic (exact) mass is 383 g/mol. The maximum Gasteiger partial charge on any atom is 0.247 e. The minimum absolute atomic E-state index is 0.0548. The van der Waals surface area contributed by atoms with Gasteiger partial charge in [0.25, 0.3) is 0 Å². The zero-order valence-corrected chi connectivity index (χ0v) is 16.6. The molecule has 4 nitrogen and oxygen atoms in total. The topological polar surface area (TPSA) is 38.1 Å². The van der Waals surface area contributed by atoms with Crippen molar-refractivity contribution in [2.24, 2.45) is 7.05 Å². The van der Waals surface area contributed by atoms with Gasteiger partial charge in [0.15, 0.2) is 0 Å². The summed E-state index contributed by atoms with van der Waals surface area (Å²) >= 11 is 6.22. The fraction of sp³-hybridized carbons (Fsp3) is 0.455. The second-order valence-electron chi connectivity index (χ2n) is 7.61. The van der Waals surface area contributed by atoms with E-state index in [9.17, 15) is 4.79 Å². The summed E-state index contributed by atoms with van der Waals surface area (Å²) in [4.78, 5) is 15.1. The minimum Gasteiger partial charge on any atom is -0.330 e. The maximum atomic E-state index is 13.1. The Morgan fingerprint density at radius 1 is 1.26 bits per heavy atom. The smallest absolute Gasteiger partial charge is 0.247 e. The fourth-order valence-electron chi connectivity index (χ4n) is 4.46. The molecule has 5 heteroatoms. The molecule has 0 N–H and O–H groups in total. The first-order valence-corrected chi connectivity index (χ1v) is 10.3. The molecule has 1 amide bonds. The number of benzene rings is 1. The summed E-state index contributed by atoms with van der Waals surface area (Å²) in [6.45, 7) is 0.611. The van der Waals surface area contributed by atoms with Crippen molar-refractivity contribution >= 4 is 23.6 Å². The van der Waals surface area contributed by atoms with E-state index in [4.69, 9.17) is 16.7 Å². The number of rotatable bonds is 5. The average Bonchev–Trinajstić information content (AvgIpc) is 3.39. The van der Waals surface area contributed by atoms with Crippen molar-refractivity contribution in [1.29, 1.82) is 0 Å². The lowest BCUT2D eigenvalue weighted by atomic mass is 10.1. The van der Waals surface area contributed by atoms with Gasteiger partial charge in [-0.15, -0.1) is 0 Å². The molecular weight excluding hydrogens is 358 g/mol. The summed E-state index contributed by atoms with van der Waals surface area (Å²) in [6.07, 6.45) is 11.4. The number of halogens is 1. The second-order valence-corrected chi connectivity index (χ2v) is 8.02. The molecule has 27 heavy (non-hydrogen) atoms. The van der Waals surface area contributed by atoms with E-state index < -0.39 is 0 Å². The van der Waals surface area contributed by atoms with E-state index in [2.05, 4.69) is 0 Å². The van der Waals surface area contributed by atoms with E-state index in [1.165, 1.54) is 30.5 Å². The van der Waals surface area contributed by atoms with Gasteiger partial charge in [-0.05, 0) is 55.4 Å². The third-order valence-electron chi connectivity index (χ3n) is 5.88. The number of amides is 1. The van der Waals surface area contributed by atoms with Crippen LogP contribution in [0, 0.1) is 0 Å². The van der Waals surface area contributed by atoms with Gasteiger partial charge in [-0.3, -0.25) is 9.48 Å². The molecule has 0 atom stereocenters. The van der Waals surface area contributed by atoms with Gasteiger partial charge >= 0.3 is 0 Å². The molecule has 0 saturated heterocycles. The highest BCUT2D eigenvalue weighted by Crippen LogP contribution is 2.29. The molecule has 0 unspecified atom stereocenters. The highest BCUT2D eigenvalue weighted by atomic mass is 35.5. The van der Waals surface area contributed by atoms with Gasteiger partial charge in [0, 0.05) is 29.9 Å². The van der Waals surface area contributed by atoms with Crippen LogP contribution < -0.4 is 0 Å². The van der Waals surface area contributed by atoms with Crippen LogP contribution >= 0.6 is 11.6 Å². The zero-order valence-electron chi connectivity index (χ0n) is 15.8. The highest BCUT2D eigenvalue weighted by molar-refractivity contribution is 6.32. The van der Waals surface area contributed by atoms with Crippen molar-refractivity contribution in [3.05, 3.63) is 57.9 Å². The normalized spacial score (nSPS) is 17.0. The van der Waals surface area contributed by atoms with Crippen molar-refractivity contribution in [3.8, 4) is 0 Å². The molecule has 2 aliphatic rings. The summed E-state index contributed by atoms with van der Waals surface area (Å²) < 4.78 is 2.01. The Kier molecular flexibility index (Phi) is 5.35. The first-order chi connectivity index (χ1) is 13.1. The van der Waals surface area contributed by atoms with E-state index in [0.717, 1.165) is 36.9 Å². The molecular formula is C22H26ClN3O. The predicted octanol–water partition coefficient (Wildman–Crippen LogP) is 4.55. The minimum atomic E-state index is 0.0548. The summed E-state index contributed by atoms with van der Waals surface area (Å²) in [6, 6.07) is 7.91. The molecule has 2 aromatic rings. The van der Waals surface area contributed by atoms with Crippen LogP contribution in [-0.2, 0) is 31.2 Å². The van der Waals surface area contributed by atoms with Crippen LogP contribution in [0.4, 0.5) is 0 Å². The van der Waals surface area contributed by atoms with Gasteiger partial charge in [-0.1, -0.05) is 42.6 Å². The largest absolute Gasteiger partial charge is 0.330 e. The van der Waals surface area contributed by atoms with Crippen LogP contribution in [-0.4, -0.2) is 26.6 Å². The number of nitrogens with zero attached hydrogens (tertiary/aromatic N) is 3. The van der Waals surface area contributed by atoms with E-state index in [1.54, 1.807) is 6.08 Å². The van der Waals surface area contributed by atoms with Crippen molar-refractivity contribution in [2.75, 3.05) is 0 Å². The Morgan fingerprint density at radius 3 is 2.81 bits per heavy atom. The molecule has 1 aromatic carbocycles. The Balaban J connectivity index is 1.57. The van der Waals surface area contributed by atoms with Gasteiger partial charge in [0.2, 0.25) is 5.91 Å². The maximum absolute atomic E-state index is 13.1. The fourth-order valence-corrected chi connectivity index (χ4v) is 4.65. The Morgan fingerprint density at radius 2 is 2.04 bits per heavy atom. The molecule has 4 rings (SSSR count). The number of aryl methyl sites for hydroxylation is 1. The van der Waals surface area contributed by atoms with Gasteiger partial charge in [0.05, 0.1) is 12.2 Å². The highest BCUT2D eigenvalue weighted by Gasteiger charge is 2.29. The Labute approximate surface area is 165 Å². The van der Waals surface area contributed by atoms with E-state index in [-0.39, 0.29) is 5.91 Å². The van der Waals surface area contributed by atoms with Crippen LogP contribution in [0.5, 0.6) is 0 Å². The van der Waals surface area contributed by atoms with E-state index in [1.807, 2.05) is 47.0 Å². The summed E-state index contributed by atoms with van der Waals surface area (Å²) in [5.41, 5.74) is 4.66. The molecule has 1 fully saturated rings. The van der Waals surface area contributed by atoms with Crippen LogP contribution in [0.1, 0.15) is 54.6 Å². The third kappa shape index (κ3) is 3.81. The van der Waals surface area contributed by atoms with Crippen LogP contribution in [0.15, 0.2) is 30.3 Å². The summed E-state index contributed by atoms with van der Waals surface area (Å²) in [7, 11) is 2.02. The zero-order chi connectivity index (χ0) is 18.8. The Hall–Kier alpha value is -2.07. The van der Waals surface area contributed by atoms with Crippen LogP contribution in [0.2, 0.25) is 5.02 Å². The quantitative estimate of drug-likeness (QED) is 0.710. The molecule has 1 heterocycles. The Bertz CT molecular complexity index is 864. The lowest BCUT2D eigenvalue weighted by molar-refractivity contribution is -0.128.